The van der Waals surface area contributed by atoms with Crippen LogP contribution in [0.25, 0.3) is 5.65 Å². The maximum Gasteiger partial charge on any atom is 0.265 e. The van der Waals surface area contributed by atoms with Crippen molar-refractivity contribution in [1.82, 2.24) is 9.38 Å². The van der Waals surface area contributed by atoms with E-state index >= 15 is 0 Å². The van der Waals surface area contributed by atoms with Crippen LogP contribution in [0, 0.1) is 0 Å². The molecule has 118 valence electrons. The van der Waals surface area contributed by atoms with Crippen LogP contribution in [0.2, 0.25) is 5.02 Å². The molecule has 0 aliphatic carbocycles. The predicted octanol–water partition coefficient (Wildman–Crippen LogP) is 2.59. The van der Waals surface area contributed by atoms with Crippen molar-refractivity contribution in [3.8, 4) is 5.75 Å². The molecule has 2 aromatic heterocycles. The second-order valence-electron chi connectivity index (χ2n) is 4.81. The first kappa shape index (κ1) is 15.3. The summed E-state index contributed by atoms with van der Waals surface area (Å²) in [5.74, 6) is 0.729. The van der Waals surface area contributed by atoms with Gasteiger partial charge in [-0.05, 0) is 30.3 Å². The van der Waals surface area contributed by atoms with Crippen LogP contribution in [-0.4, -0.2) is 21.6 Å². The first-order valence-electron chi connectivity index (χ1n) is 6.85. The molecule has 0 unspecified atom stereocenters. The summed E-state index contributed by atoms with van der Waals surface area (Å²) in [4.78, 5) is 17.0. The van der Waals surface area contributed by atoms with Crippen molar-refractivity contribution < 1.29 is 9.84 Å². The lowest BCUT2D eigenvalue weighted by molar-refractivity contribution is 0.280. The number of aliphatic hydroxyl groups excluding tert-OH is 1. The van der Waals surface area contributed by atoms with E-state index in [1.165, 1.54) is 11.5 Å². The molecule has 7 heteroatoms. The summed E-state index contributed by atoms with van der Waals surface area (Å²) >= 11 is 5.96. The number of pyridine rings is 1. The third-order valence-electron chi connectivity index (χ3n) is 3.38. The number of halogens is 1. The van der Waals surface area contributed by atoms with Crippen LogP contribution in [-0.2, 0) is 6.61 Å². The van der Waals surface area contributed by atoms with Crippen molar-refractivity contribution in [2.24, 2.45) is 0 Å². The van der Waals surface area contributed by atoms with E-state index in [1.807, 2.05) is 0 Å². The Balaban J connectivity index is 2.21. The van der Waals surface area contributed by atoms with Gasteiger partial charge < -0.3 is 15.2 Å². The molecule has 0 atom stereocenters. The lowest BCUT2D eigenvalue weighted by Gasteiger charge is -2.13. The minimum atomic E-state index is -0.436. The van der Waals surface area contributed by atoms with Crippen LogP contribution >= 0.6 is 11.6 Å². The number of nitrogens with zero attached hydrogens (tertiary/aromatic N) is 2. The van der Waals surface area contributed by atoms with E-state index < -0.39 is 6.61 Å². The molecule has 0 saturated carbocycles. The normalized spacial score (nSPS) is 10.7. The minimum absolute atomic E-state index is 0.163. The van der Waals surface area contributed by atoms with Crippen LogP contribution in [0.15, 0.2) is 47.4 Å². The van der Waals surface area contributed by atoms with Crippen molar-refractivity contribution in [1.29, 1.82) is 0 Å². The lowest BCUT2D eigenvalue weighted by atomic mass is 10.2. The molecule has 0 amide bonds. The van der Waals surface area contributed by atoms with E-state index in [1.54, 1.807) is 42.6 Å². The molecule has 3 aromatic rings. The second kappa shape index (κ2) is 6.28. The van der Waals surface area contributed by atoms with E-state index in [2.05, 4.69) is 10.3 Å². The maximum absolute atomic E-state index is 12.5. The summed E-state index contributed by atoms with van der Waals surface area (Å²) in [6, 6.07) is 10.4. The van der Waals surface area contributed by atoms with E-state index in [0.717, 1.165) is 0 Å². The highest BCUT2D eigenvalue weighted by atomic mass is 35.5. The van der Waals surface area contributed by atoms with Gasteiger partial charge in [-0.2, -0.15) is 0 Å². The fraction of sp³-hybridized carbons (Fsp3) is 0.125. The molecule has 0 radical (unpaired) electrons. The number of aromatic nitrogens is 2. The summed E-state index contributed by atoms with van der Waals surface area (Å²) < 4.78 is 6.59. The first-order valence-corrected chi connectivity index (χ1v) is 7.23. The summed E-state index contributed by atoms with van der Waals surface area (Å²) in [5, 5.41) is 13.1. The number of hydrogen-bond donors (Lipinski definition) is 2. The number of methoxy groups -OCH3 is 1. The topological polar surface area (TPSA) is 75.9 Å². The number of aliphatic hydroxyl groups is 1. The zero-order chi connectivity index (χ0) is 16.4. The molecule has 0 bridgehead atoms. The molecule has 0 aliphatic rings. The van der Waals surface area contributed by atoms with Gasteiger partial charge in [0.2, 0.25) is 0 Å². The molecule has 0 fully saturated rings. The average molecular weight is 332 g/mol. The molecule has 23 heavy (non-hydrogen) atoms. The van der Waals surface area contributed by atoms with E-state index in [0.29, 0.717) is 22.1 Å². The van der Waals surface area contributed by atoms with Gasteiger partial charge in [0.05, 0.1) is 19.3 Å². The highest BCUT2D eigenvalue weighted by Gasteiger charge is 2.14. The number of benzene rings is 1. The lowest BCUT2D eigenvalue weighted by Crippen LogP contribution is -2.22. The van der Waals surface area contributed by atoms with Gasteiger partial charge in [0.15, 0.2) is 11.4 Å². The third-order valence-corrected chi connectivity index (χ3v) is 3.61. The Kier molecular flexibility index (Phi) is 4.18. The monoisotopic (exact) mass is 331 g/mol. The van der Waals surface area contributed by atoms with Gasteiger partial charge in [0.25, 0.3) is 5.56 Å². The van der Waals surface area contributed by atoms with Crippen LogP contribution in [0.5, 0.6) is 5.75 Å². The Morgan fingerprint density at radius 3 is 2.87 bits per heavy atom. The zero-order valence-corrected chi connectivity index (χ0v) is 13.0. The largest absolute Gasteiger partial charge is 0.493 e. The summed E-state index contributed by atoms with van der Waals surface area (Å²) in [5.41, 5.74) is 0.830. The number of rotatable bonds is 4. The molecule has 2 heterocycles. The zero-order valence-electron chi connectivity index (χ0n) is 12.3. The first-order chi connectivity index (χ1) is 11.1. The van der Waals surface area contributed by atoms with E-state index in [-0.39, 0.29) is 16.9 Å². The fourth-order valence-corrected chi connectivity index (χ4v) is 2.47. The summed E-state index contributed by atoms with van der Waals surface area (Å²) in [6.07, 6.45) is 1.58. The quantitative estimate of drug-likeness (QED) is 0.768. The number of anilines is 2. The molecule has 6 nitrogen and oxygen atoms in total. The van der Waals surface area contributed by atoms with Crippen molar-refractivity contribution in [3.05, 3.63) is 63.5 Å². The van der Waals surface area contributed by atoms with Gasteiger partial charge in [-0.25, -0.2) is 4.98 Å². The van der Waals surface area contributed by atoms with Crippen molar-refractivity contribution in [2.45, 2.75) is 6.61 Å². The Bertz CT molecular complexity index is 924. The highest BCUT2D eigenvalue weighted by molar-refractivity contribution is 6.30. The number of hydrogen-bond acceptors (Lipinski definition) is 5. The van der Waals surface area contributed by atoms with Crippen LogP contribution < -0.4 is 15.6 Å². The van der Waals surface area contributed by atoms with Gasteiger partial charge in [0.1, 0.15) is 5.82 Å². The molecule has 1 aromatic carbocycles. The molecule has 0 aliphatic heterocycles. The maximum atomic E-state index is 12.5. The molecule has 0 saturated heterocycles. The van der Waals surface area contributed by atoms with Gasteiger partial charge in [-0.3, -0.25) is 9.20 Å². The van der Waals surface area contributed by atoms with Crippen LogP contribution in [0.4, 0.5) is 11.5 Å². The standard InChI is InChI=1S/C16H14ClN3O3/c1-23-13-6-3-7-20-15(13)19-14(12(9-21)16(20)22)18-11-5-2-4-10(17)8-11/h2-8,18,21H,9H2,1H3. The van der Waals surface area contributed by atoms with Crippen LogP contribution in [0.3, 0.4) is 0 Å². The number of fused-ring (bicyclic) bond motifs is 1. The SMILES string of the molecule is COc1cccn2c(=O)c(CO)c(Nc3cccc(Cl)c3)nc12. The predicted molar refractivity (Wildman–Crippen MR) is 88.7 cm³/mol. The molecule has 0 spiro atoms. The highest BCUT2D eigenvalue weighted by Crippen LogP contribution is 2.23. The van der Waals surface area contributed by atoms with Gasteiger partial charge in [-0.1, -0.05) is 17.7 Å². The van der Waals surface area contributed by atoms with E-state index in [4.69, 9.17) is 16.3 Å². The minimum Gasteiger partial charge on any atom is -0.493 e. The third kappa shape index (κ3) is 2.86. The van der Waals surface area contributed by atoms with Gasteiger partial charge in [0, 0.05) is 16.9 Å². The smallest absolute Gasteiger partial charge is 0.265 e. The van der Waals surface area contributed by atoms with Gasteiger partial charge >= 0.3 is 0 Å². The van der Waals surface area contributed by atoms with E-state index in [9.17, 15) is 9.90 Å². The summed E-state index contributed by atoms with van der Waals surface area (Å²) in [7, 11) is 1.51. The Hall–Kier alpha value is -2.57. The number of nitrogens with one attached hydrogen (secondary N) is 1. The Labute approximate surface area is 136 Å². The summed E-state index contributed by atoms with van der Waals surface area (Å²) in [6.45, 7) is -0.436. The van der Waals surface area contributed by atoms with Gasteiger partial charge in [-0.15, -0.1) is 0 Å². The second-order valence-corrected chi connectivity index (χ2v) is 5.24. The molecular formula is C16H14ClN3O3. The average Bonchev–Trinajstić information content (AvgIpc) is 2.55. The number of ether oxygens (including phenoxy) is 1. The fourth-order valence-electron chi connectivity index (χ4n) is 2.28. The molecule has 2 N–H and O–H groups in total. The van der Waals surface area contributed by atoms with Crippen LogP contribution in [0.1, 0.15) is 5.56 Å². The van der Waals surface area contributed by atoms with Crippen molar-refractivity contribution >= 4 is 28.8 Å². The Morgan fingerprint density at radius 2 is 2.17 bits per heavy atom. The molecule has 3 rings (SSSR count). The van der Waals surface area contributed by atoms with Crippen molar-refractivity contribution in [2.75, 3.05) is 12.4 Å². The van der Waals surface area contributed by atoms with Crippen molar-refractivity contribution in [3.63, 3.8) is 0 Å². The molecular weight excluding hydrogens is 318 g/mol. The Morgan fingerprint density at radius 1 is 1.35 bits per heavy atom.